The van der Waals surface area contributed by atoms with Crippen LogP contribution in [-0.2, 0) is 4.43 Å². The fraction of sp³-hybridized carbons (Fsp3) is 0.375. The lowest BCUT2D eigenvalue weighted by atomic mass is 10.0. The molecule has 0 radical (unpaired) electrons. The first kappa shape index (κ1) is 13.3. The highest BCUT2D eigenvalue weighted by atomic mass is 28.4. The van der Waals surface area contributed by atoms with Crippen molar-refractivity contribution in [3.8, 4) is 0 Å². The third kappa shape index (κ3) is 3.97. The van der Waals surface area contributed by atoms with E-state index in [-0.39, 0.29) is 6.10 Å². The van der Waals surface area contributed by atoms with E-state index in [1.54, 1.807) is 0 Å². The van der Waals surface area contributed by atoms with Crippen molar-refractivity contribution in [1.82, 2.24) is 0 Å². The first-order valence-corrected chi connectivity index (χ1v) is 10.0. The van der Waals surface area contributed by atoms with Gasteiger partial charge in [0.1, 0.15) is 0 Å². The number of hydrogen-bond acceptors (Lipinski definition) is 1. The molecule has 2 heteroatoms. The van der Waals surface area contributed by atoms with Crippen molar-refractivity contribution in [2.75, 3.05) is 0 Å². The van der Waals surface area contributed by atoms with Gasteiger partial charge in [-0.05, 0) is 37.2 Å². The van der Waals surface area contributed by atoms with Crippen LogP contribution in [-0.4, -0.2) is 8.32 Å². The molecular weight excluding hydrogens is 236 g/mol. The second-order valence-corrected chi connectivity index (χ2v) is 10.2. The van der Waals surface area contributed by atoms with Crippen molar-refractivity contribution in [2.24, 2.45) is 0 Å². The molecule has 0 heterocycles. The summed E-state index contributed by atoms with van der Waals surface area (Å²) in [5, 5.41) is 0. The van der Waals surface area contributed by atoms with Crippen LogP contribution in [0.1, 0.15) is 24.5 Å². The van der Waals surface area contributed by atoms with Crippen LogP contribution >= 0.6 is 0 Å². The molecule has 1 aliphatic rings. The highest BCUT2D eigenvalue weighted by Gasteiger charge is 2.23. The Morgan fingerprint density at radius 2 is 1.89 bits per heavy atom. The van der Waals surface area contributed by atoms with Crippen LogP contribution in [0.15, 0.2) is 54.1 Å². The molecule has 1 aliphatic carbocycles. The van der Waals surface area contributed by atoms with E-state index in [1.165, 1.54) is 11.1 Å². The predicted octanol–water partition coefficient (Wildman–Crippen LogP) is 4.86. The lowest BCUT2D eigenvalue weighted by Crippen LogP contribution is -2.28. The smallest absolute Gasteiger partial charge is 0.184 e. The minimum absolute atomic E-state index is 0.201. The summed E-state index contributed by atoms with van der Waals surface area (Å²) in [6.07, 6.45) is 9.00. The molecule has 1 unspecified atom stereocenters. The van der Waals surface area contributed by atoms with Crippen LogP contribution in [0.25, 0.3) is 0 Å². The second kappa shape index (κ2) is 5.68. The Morgan fingerprint density at radius 3 is 2.44 bits per heavy atom. The van der Waals surface area contributed by atoms with E-state index in [0.717, 1.165) is 12.8 Å². The third-order valence-corrected chi connectivity index (χ3v) is 3.93. The molecule has 0 amide bonds. The maximum Gasteiger partial charge on any atom is 0.184 e. The van der Waals surface area contributed by atoms with Gasteiger partial charge in [-0.3, -0.25) is 0 Å². The highest BCUT2D eigenvalue weighted by Crippen LogP contribution is 2.30. The average molecular weight is 258 g/mol. The molecule has 0 N–H and O–H groups in total. The van der Waals surface area contributed by atoms with Crippen molar-refractivity contribution in [3.05, 3.63) is 59.7 Å². The van der Waals surface area contributed by atoms with Gasteiger partial charge < -0.3 is 4.43 Å². The molecule has 2 rings (SSSR count). The Balaban J connectivity index is 2.15. The Labute approximate surface area is 111 Å². The molecule has 0 spiro atoms. The maximum absolute atomic E-state index is 6.35. The summed E-state index contributed by atoms with van der Waals surface area (Å²) in [5.41, 5.74) is 2.70. The fourth-order valence-electron chi connectivity index (χ4n) is 2.19. The summed E-state index contributed by atoms with van der Waals surface area (Å²) >= 11 is 0. The van der Waals surface area contributed by atoms with Crippen LogP contribution in [0.4, 0.5) is 0 Å². The van der Waals surface area contributed by atoms with Gasteiger partial charge >= 0.3 is 0 Å². The molecular formula is C16H22OSi. The van der Waals surface area contributed by atoms with Gasteiger partial charge in [0.2, 0.25) is 0 Å². The van der Waals surface area contributed by atoms with Gasteiger partial charge in [0.05, 0.1) is 6.10 Å². The van der Waals surface area contributed by atoms with Crippen molar-refractivity contribution in [2.45, 2.75) is 38.6 Å². The molecule has 96 valence electrons. The predicted molar refractivity (Wildman–Crippen MR) is 80.1 cm³/mol. The van der Waals surface area contributed by atoms with E-state index in [0.29, 0.717) is 0 Å². The van der Waals surface area contributed by atoms with E-state index in [2.05, 4.69) is 68.2 Å². The molecule has 1 aromatic carbocycles. The minimum Gasteiger partial charge on any atom is -0.410 e. The summed E-state index contributed by atoms with van der Waals surface area (Å²) in [5.74, 6) is 0. The molecule has 0 fully saturated rings. The Hall–Kier alpha value is -1.12. The van der Waals surface area contributed by atoms with Crippen molar-refractivity contribution in [1.29, 1.82) is 0 Å². The number of allylic oxidation sites excluding steroid dienone is 3. The minimum atomic E-state index is -1.53. The monoisotopic (exact) mass is 258 g/mol. The average Bonchev–Trinajstić information content (AvgIpc) is 2.80. The van der Waals surface area contributed by atoms with Crippen LogP contribution in [0.2, 0.25) is 19.6 Å². The highest BCUT2D eigenvalue weighted by molar-refractivity contribution is 6.69. The van der Waals surface area contributed by atoms with E-state index in [9.17, 15) is 0 Å². The van der Waals surface area contributed by atoms with E-state index < -0.39 is 8.32 Å². The summed E-state index contributed by atoms with van der Waals surface area (Å²) in [6.45, 7) is 6.76. The van der Waals surface area contributed by atoms with Crippen molar-refractivity contribution in [3.63, 3.8) is 0 Å². The first-order chi connectivity index (χ1) is 8.54. The second-order valence-electron chi connectivity index (χ2n) is 5.75. The van der Waals surface area contributed by atoms with Crippen molar-refractivity contribution < 1.29 is 4.43 Å². The van der Waals surface area contributed by atoms with E-state index in [4.69, 9.17) is 4.43 Å². The molecule has 0 saturated heterocycles. The lowest BCUT2D eigenvalue weighted by molar-refractivity contribution is 0.199. The summed E-state index contributed by atoms with van der Waals surface area (Å²) in [7, 11) is -1.53. The van der Waals surface area contributed by atoms with E-state index in [1.807, 2.05) is 0 Å². The Morgan fingerprint density at radius 1 is 1.17 bits per heavy atom. The Bertz CT molecular complexity index is 440. The maximum atomic E-state index is 6.35. The summed E-state index contributed by atoms with van der Waals surface area (Å²) in [4.78, 5) is 0. The van der Waals surface area contributed by atoms with Gasteiger partial charge in [0, 0.05) is 6.42 Å². The van der Waals surface area contributed by atoms with Crippen LogP contribution < -0.4 is 0 Å². The molecule has 0 aliphatic heterocycles. The SMILES string of the molecule is C[Si](C)(C)OC(CC1=CCC=C1)c1ccccc1. The normalized spacial score (nSPS) is 16.7. The molecule has 0 bridgehead atoms. The van der Waals surface area contributed by atoms with Crippen molar-refractivity contribution >= 4 is 8.32 Å². The summed E-state index contributed by atoms with van der Waals surface area (Å²) < 4.78 is 6.35. The fourth-order valence-corrected chi connectivity index (χ4v) is 3.27. The third-order valence-electron chi connectivity index (χ3n) is 2.94. The quantitative estimate of drug-likeness (QED) is 0.686. The topological polar surface area (TPSA) is 9.23 Å². The summed E-state index contributed by atoms with van der Waals surface area (Å²) in [6, 6.07) is 10.6. The number of hydrogen-bond donors (Lipinski definition) is 0. The molecule has 18 heavy (non-hydrogen) atoms. The van der Waals surface area contributed by atoms with Crippen LogP contribution in [0, 0.1) is 0 Å². The zero-order chi connectivity index (χ0) is 13.0. The van der Waals surface area contributed by atoms with Crippen LogP contribution in [0.5, 0.6) is 0 Å². The molecule has 1 nitrogen and oxygen atoms in total. The molecule has 1 aromatic rings. The van der Waals surface area contributed by atoms with Gasteiger partial charge in [0.25, 0.3) is 0 Å². The zero-order valence-corrected chi connectivity index (χ0v) is 12.5. The standard InChI is InChI=1S/C16H22OSi/c1-18(2,3)17-16(13-14-9-7-8-10-14)15-11-5-4-6-12-15/h4-7,9-12,16H,8,13H2,1-3H3. The largest absolute Gasteiger partial charge is 0.410 e. The first-order valence-electron chi connectivity index (χ1n) is 6.63. The molecule has 1 atom stereocenters. The van der Waals surface area contributed by atoms with Crippen LogP contribution in [0.3, 0.4) is 0 Å². The van der Waals surface area contributed by atoms with E-state index >= 15 is 0 Å². The van der Waals surface area contributed by atoms with Gasteiger partial charge in [0.15, 0.2) is 8.32 Å². The molecule has 0 saturated carbocycles. The van der Waals surface area contributed by atoms with Gasteiger partial charge in [-0.2, -0.15) is 0 Å². The number of benzene rings is 1. The Kier molecular flexibility index (Phi) is 4.20. The zero-order valence-electron chi connectivity index (χ0n) is 11.5. The number of rotatable bonds is 5. The van der Waals surface area contributed by atoms with Gasteiger partial charge in [-0.1, -0.05) is 48.6 Å². The van der Waals surface area contributed by atoms with Gasteiger partial charge in [-0.25, -0.2) is 0 Å². The molecule has 0 aromatic heterocycles. The lowest BCUT2D eigenvalue weighted by Gasteiger charge is -2.27. The van der Waals surface area contributed by atoms with Gasteiger partial charge in [-0.15, -0.1) is 0 Å².